The summed E-state index contributed by atoms with van der Waals surface area (Å²) in [6, 6.07) is 25.8. The van der Waals surface area contributed by atoms with Crippen LogP contribution in [0.1, 0.15) is 21.5 Å². The molecule has 0 aliphatic heterocycles. The summed E-state index contributed by atoms with van der Waals surface area (Å²) in [5, 5.41) is 17.2. The molecule has 4 aromatic rings. The molecule has 0 heterocycles. The van der Waals surface area contributed by atoms with Crippen molar-refractivity contribution in [3.8, 4) is 34.1 Å². The van der Waals surface area contributed by atoms with Crippen molar-refractivity contribution >= 4 is 23.7 Å². The van der Waals surface area contributed by atoms with E-state index in [2.05, 4.69) is 28.0 Å². The number of benzene rings is 4. The number of carbonyl (C=O) groups is 1. The predicted molar refractivity (Wildman–Crippen MR) is 162 cm³/mol. The van der Waals surface area contributed by atoms with E-state index in [1.54, 1.807) is 20.3 Å². The maximum atomic E-state index is 12.4. The molecule has 0 radical (unpaired) electrons. The standard InChI is InChI=1S/C32H32ClN3O5/c1-39-26-11-8-22(9-12-26)14-15-34-16-17-41-31-27(24-6-4-3-5-7-24)18-23(19-30(31)40-2)21-35-36-32(38)25-10-13-29(37)28(33)20-25/h3-13,18-21,34,37H,14-17H2,1-2H3,(H,36,38)/b35-21+. The van der Waals surface area contributed by atoms with E-state index in [0.717, 1.165) is 29.8 Å². The molecular weight excluding hydrogens is 542 g/mol. The summed E-state index contributed by atoms with van der Waals surface area (Å²) in [6.07, 6.45) is 2.42. The van der Waals surface area contributed by atoms with Crippen molar-refractivity contribution in [2.24, 2.45) is 5.10 Å². The van der Waals surface area contributed by atoms with Crippen molar-refractivity contribution in [1.82, 2.24) is 10.7 Å². The number of phenols is 1. The van der Waals surface area contributed by atoms with Crippen LogP contribution in [0.3, 0.4) is 0 Å². The Morgan fingerprint density at radius 2 is 1.73 bits per heavy atom. The predicted octanol–water partition coefficient (Wildman–Crippen LogP) is 5.70. The Hall–Kier alpha value is -4.53. The van der Waals surface area contributed by atoms with Crippen molar-refractivity contribution in [1.29, 1.82) is 0 Å². The summed E-state index contributed by atoms with van der Waals surface area (Å²) < 4.78 is 17.1. The van der Waals surface area contributed by atoms with Crippen molar-refractivity contribution in [3.63, 3.8) is 0 Å². The second kappa shape index (κ2) is 14.7. The fourth-order valence-corrected chi connectivity index (χ4v) is 4.26. The Labute approximate surface area is 244 Å². The summed E-state index contributed by atoms with van der Waals surface area (Å²) in [7, 11) is 3.24. The Bertz CT molecular complexity index is 1480. The number of halogens is 1. The van der Waals surface area contributed by atoms with Crippen LogP contribution in [0, 0.1) is 0 Å². The van der Waals surface area contributed by atoms with E-state index in [4.69, 9.17) is 25.8 Å². The van der Waals surface area contributed by atoms with Crippen LogP contribution in [0.25, 0.3) is 11.1 Å². The monoisotopic (exact) mass is 573 g/mol. The van der Waals surface area contributed by atoms with E-state index in [-0.39, 0.29) is 16.3 Å². The first-order valence-corrected chi connectivity index (χ1v) is 13.4. The third kappa shape index (κ3) is 8.23. The van der Waals surface area contributed by atoms with Crippen LogP contribution in [-0.2, 0) is 6.42 Å². The van der Waals surface area contributed by atoms with Gasteiger partial charge in [-0.1, -0.05) is 54.1 Å². The highest BCUT2D eigenvalue weighted by atomic mass is 35.5. The van der Waals surface area contributed by atoms with Crippen molar-refractivity contribution in [2.75, 3.05) is 33.9 Å². The summed E-state index contributed by atoms with van der Waals surface area (Å²) in [5.41, 5.74) is 6.47. The molecule has 0 saturated carbocycles. The van der Waals surface area contributed by atoms with Gasteiger partial charge in [-0.05, 0) is 72.1 Å². The highest BCUT2D eigenvalue weighted by Crippen LogP contribution is 2.39. The van der Waals surface area contributed by atoms with Gasteiger partial charge in [0, 0.05) is 17.7 Å². The summed E-state index contributed by atoms with van der Waals surface area (Å²) in [6.45, 7) is 1.91. The number of rotatable bonds is 13. The molecule has 9 heteroatoms. The zero-order valence-electron chi connectivity index (χ0n) is 22.9. The van der Waals surface area contributed by atoms with Gasteiger partial charge in [0.15, 0.2) is 11.5 Å². The minimum atomic E-state index is -0.460. The molecule has 212 valence electrons. The zero-order valence-corrected chi connectivity index (χ0v) is 23.6. The van der Waals surface area contributed by atoms with Crippen LogP contribution in [0.2, 0.25) is 5.02 Å². The lowest BCUT2D eigenvalue weighted by Crippen LogP contribution is -2.23. The van der Waals surface area contributed by atoms with Gasteiger partial charge in [0.25, 0.3) is 5.91 Å². The second-order valence-electron chi connectivity index (χ2n) is 9.03. The summed E-state index contributed by atoms with van der Waals surface area (Å²) in [4.78, 5) is 12.4. The van der Waals surface area contributed by atoms with Crippen molar-refractivity contribution in [3.05, 3.63) is 107 Å². The third-order valence-electron chi connectivity index (χ3n) is 6.25. The average Bonchev–Trinajstić information content (AvgIpc) is 3.01. The minimum Gasteiger partial charge on any atom is -0.506 e. The zero-order chi connectivity index (χ0) is 29.0. The van der Waals surface area contributed by atoms with Gasteiger partial charge in [0.05, 0.1) is 25.5 Å². The highest BCUT2D eigenvalue weighted by Gasteiger charge is 2.15. The molecule has 41 heavy (non-hydrogen) atoms. The van der Waals surface area contributed by atoms with Crippen molar-refractivity contribution < 1.29 is 24.1 Å². The van der Waals surface area contributed by atoms with Gasteiger partial charge in [-0.2, -0.15) is 5.10 Å². The van der Waals surface area contributed by atoms with E-state index in [1.807, 2.05) is 48.5 Å². The normalized spacial score (nSPS) is 10.9. The van der Waals surface area contributed by atoms with Crippen LogP contribution in [0.4, 0.5) is 0 Å². The van der Waals surface area contributed by atoms with Gasteiger partial charge < -0.3 is 24.6 Å². The van der Waals surface area contributed by atoms with E-state index in [1.165, 1.54) is 30.0 Å². The smallest absolute Gasteiger partial charge is 0.271 e. The lowest BCUT2D eigenvalue weighted by atomic mass is 10.0. The first-order valence-electron chi connectivity index (χ1n) is 13.0. The number of nitrogens with zero attached hydrogens (tertiary/aromatic N) is 1. The molecule has 0 unspecified atom stereocenters. The number of carbonyl (C=O) groups excluding carboxylic acids is 1. The molecule has 0 spiro atoms. The third-order valence-corrected chi connectivity index (χ3v) is 6.55. The number of hydrogen-bond donors (Lipinski definition) is 3. The molecule has 0 aromatic heterocycles. The van der Waals surface area contributed by atoms with E-state index < -0.39 is 5.91 Å². The topological polar surface area (TPSA) is 101 Å². The lowest BCUT2D eigenvalue weighted by Gasteiger charge is -2.17. The molecule has 0 saturated heterocycles. The van der Waals surface area contributed by atoms with E-state index >= 15 is 0 Å². The van der Waals surface area contributed by atoms with Crippen LogP contribution in [0.5, 0.6) is 23.0 Å². The molecule has 0 aliphatic carbocycles. The van der Waals surface area contributed by atoms with Gasteiger partial charge >= 0.3 is 0 Å². The SMILES string of the molecule is COc1ccc(CCNCCOc2c(OC)cc(/C=N/NC(=O)c3ccc(O)c(Cl)c3)cc2-c2ccccc2)cc1. The number of nitrogens with one attached hydrogen (secondary N) is 2. The number of ether oxygens (including phenoxy) is 3. The van der Waals surface area contributed by atoms with Gasteiger partial charge in [-0.15, -0.1) is 0 Å². The molecule has 0 fully saturated rings. The minimum absolute atomic E-state index is 0.0851. The van der Waals surface area contributed by atoms with Crippen LogP contribution < -0.4 is 25.0 Å². The van der Waals surface area contributed by atoms with Crippen LogP contribution >= 0.6 is 11.6 Å². The van der Waals surface area contributed by atoms with Crippen molar-refractivity contribution in [2.45, 2.75) is 6.42 Å². The fourth-order valence-electron chi connectivity index (χ4n) is 4.08. The second-order valence-corrected chi connectivity index (χ2v) is 9.43. The number of amides is 1. The molecule has 8 nitrogen and oxygen atoms in total. The molecule has 4 aromatic carbocycles. The number of phenolic OH excluding ortho intramolecular Hbond substituents is 1. The number of methoxy groups -OCH3 is 2. The van der Waals surface area contributed by atoms with Crippen LogP contribution in [0.15, 0.2) is 90.0 Å². The Kier molecular flexibility index (Phi) is 10.6. The first-order chi connectivity index (χ1) is 20.0. The fraction of sp³-hybridized carbons (Fsp3) is 0.188. The van der Waals surface area contributed by atoms with Gasteiger partial charge in [-0.25, -0.2) is 5.43 Å². The first kappa shape index (κ1) is 29.5. The van der Waals surface area contributed by atoms with E-state index in [9.17, 15) is 9.90 Å². The maximum absolute atomic E-state index is 12.4. The summed E-state index contributed by atoms with van der Waals surface area (Å²) in [5.74, 6) is 1.45. The molecule has 4 rings (SSSR count). The van der Waals surface area contributed by atoms with Crippen LogP contribution in [-0.4, -0.2) is 51.1 Å². The molecule has 0 aliphatic rings. The quantitative estimate of drug-likeness (QED) is 0.108. The molecule has 3 N–H and O–H groups in total. The van der Waals surface area contributed by atoms with Gasteiger partial charge in [-0.3, -0.25) is 4.79 Å². The lowest BCUT2D eigenvalue weighted by molar-refractivity contribution is 0.0955. The number of aromatic hydroxyl groups is 1. The molecular formula is C32H32ClN3O5. The Balaban J connectivity index is 1.42. The molecule has 0 bridgehead atoms. The average molecular weight is 574 g/mol. The number of hydrazone groups is 1. The molecule has 1 amide bonds. The van der Waals surface area contributed by atoms with Gasteiger partial charge in [0.2, 0.25) is 0 Å². The maximum Gasteiger partial charge on any atom is 0.271 e. The highest BCUT2D eigenvalue weighted by molar-refractivity contribution is 6.32. The Morgan fingerprint density at radius 3 is 2.44 bits per heavy atom. The van der Waals surface area contributed by atoms with Gasteiger partial charge in [0.1, 0.15) is 18.1 Å². The number of hydrogen-bond acceptors (Lipinski definition) is 7. The largest absolute Gasteiger partial charge is 0.506 e. The Morgan fingerprint density at radius 1 is 0.951 bits per heavy atom. The molecule has 0 atom stereocenters. The van der Waals surface area contributed by atoms with E-state index in [0.29, 0.717) is 30.2 Å². The summed E-state index contributed by atoms with van der Waals surface area (Å²) >= 11 is 5.91.